The number of ketones is 1. The molecule has 2 rings (SSSR count). The number of carboxylic acids is 1. The summed E-state index contributed by atoms with van der Waals surface area (Å²) in [4.78, 5) is 47.5. The SMILES string of the molecule is C[C@H](NC(=O)C1C(=O)Sc2ccc(Br)cc2C1=O)C(=O)O. The summed E-state index contributed by atoms with van der Waals surface area (Å²) in [7, 11) is 0. The number of amides is 1. The number of rotatable bonds is 3. The summed E-state index contributed by atoms with van der Waals surface area (Å²) in [6.45, 7) is 1.26. The largest absolute Gasteiger partial charge is 0.480 e. The molecule has 110 valence electrons. The molecule has 0 aliphatic carbocycles. The Labute approximate surface area is 132 Å². The monoisotopic (exact) mass is 371 g/mol. The summed E-state index contributed by atoms with van der Waals surface area (Å²) < 4.78 is 0.655. The standard InChI is InChI=1S/C13H10BrNO5S/c1-5(12(18)19)15-11(17)9-10(16)7-4-6(14)2-3-8(7)21-13(9)20/h2-5,9H,1H3,(H,15,17)(H,18,19)/t5-,9?/m0/s1. The number of Topliss-reactive ketones (excluding diaryl/α,β-unsaturated/α-hetero) is 1. The lowest BCUT2D eigenvalue weighted by molar-refractivity contribution is -0.142. The molecule has 0 saturated carbocycles. The number of hydrogen-bond donors (Lipinski definition) is 2. The fourth-order valence-corrected chi connectivity index (χ4v) is 3.11. The van der Waals surface area contributed by atoms with Crippen molar-refractivity contribution in [2.45, 2.75) is 17.9 Å². The molecule has 21 heavy (non-hydrogen) atoms. The van der Waals surface area contributed by atoms with Crippen LogP contribution in [0.1, 0.15) is 17.3 Å². The van der Waals surface area contributed by atoms with E-state index in [1.807, 2.05) is 0 Å². The van der Waals surface area contributed by atoms with E-state index in [4.69, 9.17) is 5.11 Å². The van der Waals surface area contributed by atoms with Crippen LogP contribution < -0.4 is 5.32 Å². The Bertz CT molecular complexity index is 660. The van der Waals surface area contributed by atoms with Gasteiger partial charge >= 0.3 is 5.97 Å². The van der Waals surface area contributed by atoms with E-state index in [-0.39, 0.29) is 5.56 Å². The van der Waals surface area contributed by atoms with Gasteiger partial charge < -0.3 is 10.4 Å². The highest BCUT2D eigenvalue weighted by Crippen LogP contribution is 2.35. The van der Waals surface area contributed by atoms with Crippen LogP contribution in [-0.4, -0.2) is 33.9 Å². The van der Waals surface area contributed by atoms with Crippen molar-refractivity contribution >= 4 is 50.5 Å². The first-order valence-electron chi connectivity index (χ1n) is 5.90. The minimum absolute atomic E-state index is 0.275. The van der Waals surface area contributed by atoms with Crippen LogP contribution in [0.5, 0.6) is 0 Å². The number of aliphatic carboxylic acids is 1. The maximum Gasteiger partial charge on any atom is 0.325 e. The third-order valence-corrected chi connectivity index (χ3v) is 4.41. The fraction of sp³-hybridized carbons (Fsp3) is 0.231. The quantitative estimate of drug-likeness (QED) is 0.780. The molecule has 0 saturated heterocycles. The van der Waals surface area contributed by atoms with E-state index in [2.05, 4.69) is 21.2 Å². The molecule has 1 aliphatic heterocycles. The van der Waals surface area contributed by atoms with Crippen LogP contribution in [0, 0.1) is 5.92 Å². The number of carbonyl (C=O) groups is 4. The number of hydrogen-bond acceptors (Lipinski definition) is 5. The van der Waals surface area contributed by atoms with Crippen molar-refractivity contribution in [2.24, 2.45) is 5.92 Å². The molecule has 2 atom stereocenters. The molecule has 0 aromatic heterocycles. The molecule has 1 unspecified atom stereocenters. The van der Waals surface area contributed by atoms with Crippen molar-refractivity contribution < 1.29 is 24.3 Å². The minimum Gasteiger partial charge on any atom is -0.480 e. The van der Waals surface area contributed by atoms with E-state index in [0.717, 1.165) is 11.8 Å². The first-order valence-corrected chi connectivity index (χ1v) is 7.51. The average molecular weight is 372 g/mol. The number of carboxylic acid groups (broad SMARTS) is 1. The Balaban J connectivity index is 2.29. The molecular formula is C13H10BrNO5S. The van der Waals surface area contributed by atoms with Gasteiger partial charge in [0.1, 0.15) is 6.04 Å². The van der Waals surface area contributed by atoms with Crippen LogP contribution in [0.25, 0.3) is 0 Å². The summed E-state index contributed by atoms with van der Waals surface area (Å²) >= 11 is 4.03. The normalized spacial score (nSPS) is 18.9. The second kappa shape index (κ2) is 5.98. The van der Waals surface area contributed by atoms with Gasteiger partial charge in [-0.05, 0) is 36.9 Å². The maximum atomic E-state index is 12.3. The average Bonchev–Trinajstić information content (AvgIpc) is 2.39. The molecule has 1 aromatic carbocycles. The van der Waals surface area contributed by atoms with Gasteiger partial charge in [0.25, 0.3) is 0 Å². The van der Waals surface area contributed by atoms with Crippen LogP contribution in [0.4, 0.5) is 0 Å². The number of halogens is 1. The molecule has 0 spiro atoms. The number of thioether (sulfide) groups is 1. The highest BCUT2D eigenvalue weighted by Gasteiger charge is 2.41. The van der Waals surface area contributed by atoms with Crippen LogP contribution in [0.3, 0.4) is 0 Å². The topological polar surface area (TPSA) is 101 Å². The van der Waals surface area contributed by atoms with Gasteiger partial charge in [-0.15, -0.1) is 0 Å². The third-order valence-electron chi connectivity index (χ3n) is 2.91. The van der Waals surface area contributed by atoms with Crippen molar-refractivity contribution in [3.05, 3.63) is 28.2 Å². The van der Waals surface area contributed by atoms with Gasteiger partial charge in [-0.1, -0.05) is 15.9 Å². The molecule has 2 N–H and O–H groups in total. The van der Waals surface area contributed by atoms with Crippen LogP contribution in [-0.2, 0) is 14.4 Å². The minimum atomic E-state index is -1.52. The number of fused-ring (bicyclic) bond motifs is 1. The van der Waals surface area contributed by atoms with Crippen LogP contribution in [0.2, 0.25) is 0 Å². The highest BCUT2D eigenvalue weighted by atomic mass is 79.9. The Morgan fingerprint density at radius 2 is 2.05 bits per heavy atom. The van der Waals surface area contributed by atoms with E-state index in [9.17, 15) is 19.2 Å². The van der Waals surface area contributed by atoms with Gasteiger partial charge in [-0.2, -0.15) is 0 Å². The molecule has 1 heterocycles. The van der Waals surface area contributed by atoms with E-state index < -0.39 is 34.7 Å². The second-order valence-corrected chi connectivity index (χ2v) is 6.39. The van der Waals surface area contributed by atoms with Crippen molar-refractivity contribution in [2.75, 3.05) is 0 Å². The summed E-state index contributed by atoms with van der Waals surface area (Å²) in [5, 5.41) is 10.3. The van der Waals surface area contributed by atoms with E-state index >= 15 is 0 Å². The molecule has 0 bridgehead atoms. The molecule has 6 nitrogen and oxygen atoms in total. The molecule has 1 amide bonds. The maximum absolute atomic E-state index is 12.3. The first-order chi connectivity index (χ1) is 9.81. The summed E-state index contributed by atoms with van der Waals surface area (Å²) in [6, 6.07) is 3.68. The first kappa shape index (κ1) is 15.7. The van der Waals surface area contributed by atoms with Crippen LogP contribution in [0.15, 0.2) is 27.6 Å². The van der Waals surface area contributed by atoms with Gasteiger partial charge in [0, 0.05) is 14.9 Å². The number of benzene rings is 1. The summed E-state index contributed by atoms with van der Waals surface area (Å²) in [5.74, 6) is -4.27. The van der Waals surface area contributed by atoms with Crippen molar-refractivity contribution in [1.29, 1.82) is 0 Å². The zero-order valence-electron chi connectivity index (χ0n) is 10.8. The lowest BCUT2D eigenvalue weighted by atomic mass is 9.97. The van der Waals surface area contributed by atoms with Gasteiger partial charge in [-0.25, -0.2) is 0 Å². The fourth-order valence-electron chi connectivity index (χ4n) is 1.80. The molecule has 0 radical (unpaired) electrons. The summed E-state index contributed by atoms with van der Waals surface area (Å²) in [5.41, 5.74) is 0.275. The lowest BCUT2D eigenvalue weighted by Crippen LogP contribution is -2.46. The number of carbonyl (C=O) groups excluding carboxylic acids is 3. The Kier molecular flexibility index (Phi) is 4.48. The molecular weight excluding hydrogens is 362 g/mol. The van der Waals surface area contributed by atoms with Crippen LogP contribution >= 0.6 is 27.7 Å². The van der Waals surface area contributed by atoms with Crippen molar-refractivity contribution in [1.82, 2.24) is 5.32 Å². The van der Waals surface area contributed by atoms with E-state index in [1.165, 1.54) is 13.0 Å². The van der Waals surface area contributed by atoms with E-state index in [0.29, 0.717) is 9.37 Å². The second-order valence-electron chi connectivity index (χ2n) is 4.43. The van der Waals surface area contributed by atoms with Gasteiger partial charge in [0.05, 0.1) is 0 Å². The predicted octanol–water partition coefficient (Wildman–Crippen LogP) is 1.47. The molecule has 0 fully saturated rings. The Morgan fingerprint density at radius 1 is 1.38 bits per heavy atom. The zero-order valence-corrected chi connectivity index (χ0v) is 13.2. The lowest BCUT2D eigenvalue weighted by Gasteiger charge is -2.22. The highest BCUT2D eigenvalue weighted by molar-refractivity contribution is 9.10. The predicted molar refractivity (Wildman–Crippen MR) is 78.1 cm³/mol. The van der Waals surface area contributed by atoms with Gasteiger partial charge in [-0.3, -0.25) is 19.2 Å². The molecule has 8 heteroatoms. The number of nitrogens with one attached hydrogen (secondary N) is 1. The zero-order chi connectivity index (χ0) is 15.7. The van der Waals surface area contributed by atoms with Crippen molar-refractivity contribution in [3.8, 4) is 0 Å². The van der Waals surface area contributed by atoms with Gasteiger partial charge in [0.15, 0.2) is 11.7 Å². The molecule has 1 aromatic rings. The van der Waals surface area contributed by atoms with E-state index in [1.54, 1.807) is 12.1 Å². The summed E-state index contributed by atoms with van der Waals surface area (Å²) in [6.07, 6.45) is 0. The smallest absolute Gasteiger partial charge is 0.325 e. The Morgan fingerprint density at radius 3 is 2.67 bits per heavy atom. The van der Waals surface area contributed by atoms with Gasteiger partial charge in [0.2, 0.25) is 11.0 Å². The van der Waals surface area contributed by atoms with Crippen molar-refractivity contribution in [3.63, 3.8) is 0 Å². The third kappa shape index (κ3) is 3.16. The Hall–Kier alpha value is -1.67. The molecule has 1 aliphatic rings.